The maximum atomic E-state index is 15.4. The minimum absolute atomic E-state index is 0.190. The van der Waals surface area contributed by atoms with Gasteiger partial charge in [0.1, 0.15) is 5.82 Å². The van der Waals surface area contributed by atoms with Crippen LogP contribution in [-0.4, -0.2) is 59.2 Å². The lowest BCUT2D eigenvalue weighted by molar-refractivity contribution is -0.134. The second-order valence-electron chi connectivity index (χ2n) is 11.1. The van der Waals surface area contributed by atoms with E-state index in [9.17, 15) is 9.59 Å². The number of benzene rings is 1. The molecule has 1 aromatic heterocycles. The van der Waals surface area contributed by atoms with E-state index in [-0.39, 0.29) is 30.0 Å². The number of fused-ring (bicyclic) bond motifs is 1. The zero-order valence-corrected chi connectivity index (χ0v) is 20.5. The van der Waals surface area contributed by atoms with E-state index in [1.165, 1.54) is 6.42 Å². The Balaban J connectivity index is 1.31. The summed E-state index contributed by atoms with van der Waals surface area (Å²) in [7, 11) is 1.84. The van der Waals surface area contributed by atoms with Gasteiger partial charge in [0, 0.05) is 31.9 Å². The Morgan fingerprint density at radius 3 is 2.62 bits per heavy atom. The summed E-state index contributed by atoms with van der Waals surface area (Å²) < 4.78 is 17.1. The highest BCUT2D eigenvalue weighted by Crippen LogP contribution is 2.37. The van der Waals surface area contributed by atoms with Gasteiger partial charge in [-0.1, -0.05) is 13.8 Å². The molecular formula is C26H36FN5O2. The predicted molar refractivity (Wildman–Crippen MR) is 129 cm³/mol. The van der Waals surface area contributed by atoms with E-state index in [2.05, 4.69) is 34.5 Å². The third-order valence-corrected chi connectivity index (χ3v) is 8.43. The molecule has 3 fully saturated rings. The first kappa shape index (κ1) is 23.4. The van der Waals surface area contributed by atoms with Crippen molar-refractivity contribution in [3.05, 3.63) is 29.2 Å². The monoisotopic (exact) mass is 469 g/mol. The quantitative estimate of drug-likeness (QED) is 0.673. The molecule has 2 aromatic rings. The van der Waals surface area contributed by atoms with Crippen LogP contribution in [0, 0.1) is 17.2 Å². The number of nitrogens with one attached hydrogen (secondary N) is 2. The van der Waals surface area contributed by atoms with Gasteiger partial charge in [-0.15, -0.1) is 0 Å². The molecule has 7 nitrogen and oxygen atoms in total. The lowest BCUT2D eigenvalue weighted by atomic mass is 9.74. The van der Waals surface area contributed by atoms with E-state index in [1.807, 2.05) is 13.1 Å². The molecule has 184 valence electrons. The summed E-state index contributed by atoms with van der Waals surface area (Å²) in [6.07, 6.45) is 3.81. The maximum absolute atomic E-state index is 15.4. The van der Waals surface area contributed by atoms with Crippen LogP contribution in [0.1, 0.15) is 69.0 Å². The van der Waals surface area contributed by atoms with E-state index < -0.39 is 5.92 Å². The number of aromatic nitrogens is 2. The van der Waals surface area contributed by atoms with Crippen molar-refractivity contribution in [3.63, 3.8) is 0 Å². The fraction of sp³-hybridized carbons (Fsp3) is 0.654. The molecule has 3 aliphatic rings. The molecule has 3 aliphatic heterocycles. The van der Waals surface area contributed by atoms with Crippen LogP contribution >= 0.6 is 0 Å². The molecule has 34 heavy (non-hydrogen) atoms. The normalized spacial score (nSPS) is 26.7. The van der Waals surface area contributed by atoms with Crippen LogP contribution in [-0.2, 0) is 16.6 Å². The fourth-order valence-corrected chi connectivity index (χ4v) is 6.14. The van der Waals surface area contributed by atoms with E-state index in [4.69, 9.17) is 0 Å². The van der Waals surface area contributed by atoms with Gasteiger partial charge in [-0.05, 0) is 80.3 Å². The molecule has 2 N–H and O–H groups in total. The number of rotatable bonds is 4. The summed E-state index contributed by atoms with van der Waals surface area (Å²) >= 11 is 0. The first-order valence-electron chi connectivity index (χ1n) is 12.7. The third kappa shape index (κ3) is 4.38. The van der Waals surface area contributed by atoms with Gasteiger partial charge in [0.2, 0.25) is 11.8 Å². The third-order valence-electron chi connectivity index (χ3n) is 8.43. The van der Waals surface area contributed by atoms with Gasteiger partial charge >= 0.3 is 0 Å². The van der Waals surface area contributed by atoms with Gasteiger partial charge in [-0.2, -0.15) is 5.10 Å². The van der Waals surface area contributed by atoms with Gasteiger partial charge in [-0.3, -0.25) is 19.6 Å². The highest BCUT2D eigenvalue weighted by atomic mass is 19.1. The number of hydrogen-bond acceptors (Lipinski definition) is 5. The van der Waals surface area contributed by atoms with E-state index in [1.54, 1.807) is 10.7 Å². The summed E-state index contributed by atoms with van der Waals surface area (Å²) in [6.45, 7) is 10.0. The van der Waals surface area contributed by atoms with E-state index in [0.717, 1.165) is 56.6 Å². The molecule has 2 atom stereocenters. The molecule has 0 aliphatic carbocycles. The predicted octanol–water partition coefficient (Wildman–Crippen LogP) is 3.05. The first-order valence-corrected chi connectivity index (χ1v) is 12.7. The van der Waals surface area contributed by atoms with Crippen molar-refractivity contribution in [3.8, 4) is 0 Å². The van der Waals surface area contributed by atoms with Crippen molar-refractivity contribution < 1.29 is 14.0 Å². The number of carbonyl (C=O) groups is 2. The number of likely N-dealkylation sites (tertiary alicyclic amines) is 1. The first-order chi connectivity index (χ1) is 16.2. The minimum atomic E-state index is -0.519. The van der Waals surface area contributed by atoms with Crippen LogP contribution in [0.4, 0.5) is 4.39 Å². The number of hydrogen-bond donors (Lipinski definition) is 2. The number of carbonyl (C=O) groups excluding carboxylic acids is 2. The standard InChI is InChI=1S/C26H36FN5O2/c1-26(2)15-28-9-6-17(26)14-32-10-7-16(8-11-32)19-13-22-20(12-21(19)27)24(30-31(22)3)18-4-5-23(33)29-25(18)34/h12-13,16-18,28H,4-11,14-15H2,1-3H3,(H,29,33,34)/t17-,18?/m0/s1. The molecule has 0 saturated carbocycles. The molecule has 1 aromatic carbocycles. The van der Waals surface area contributed by atoms with Crippen LogP contribution in [0.2, 0.25) is 0 Å². The molecule has 0 spiro atoms. The van der Waals surface area contributed by atoms with Gasteiger partial charge in [0.25, 0.3) is 0 Å². The molecule has 2 amide bonds. The molecule has 1 unspecified atom stereocenters. The molecule has 5 rings (SSSR count). The number of nitrogens with zero attached hydrogens (tertiary/aromatic N) is 3. The van der Waals surface area contributed by atoms with Crippen LogP contribution in [0.15, 0.2) is 12.1 Å². The summed E-state index contributed by atoms with van der Waals surface area (Å²) in [5.74, 6) is -0.453. The Morgan fingerprint density at radius 2 is 1.91 bits per heavy atom. The highest BCUT2D eigenvalue weighted by molar-refractivity contribution is 6.02. The average Bonchev–Trinajstić information content (AvgIpc) is 3.10. The molecular weight excluding hydrogens is 433 g/mol. The summed E-state index contributed by atoms with van der Waals surface area (Å²) in [5.41, 5.74) is 2.47. The van der Waals surface area contributed by atoms with E-state index >= 15 is 4.39 Å². The number of imide groups is 1. The Morgan fingerprint density at radius 1 is 1.15 bits per heavy atom. The Bertz CT molecular complexity index is 1100. The highest BCUT2D eigenvalue weighted by Gasteiger charge is 2.35. The van der Waals surface area contributed by atoms with Gasteiger partial charge in [0.15, 0.2) is 0 Å². The zero-order chi connectivity index (χ0) is 24.0. The second kappa shape index (κ2) is 9.04. The Kier molecular flexibility index (Phi) is 6.23. The van der Waals surface area contributed by atoms with Crippen molar-refractivity contribution >= 4 is 22.7 Å². The summed E-state index contributed by atoms with van der Waals surface area (Å²) in [6, 6.07) is 3.49. The average molecular weight is 470 g/mol. The largest absolute Gasteiger partial charge is 0.316 e. The summed E-state index contributed by atoms with van der Waals surface area (Å²) in [5, 5.41) is 11.1. The van der Waals surface area contributed by atoms with Gasteiger partial charge < -0.3 is 10.2 Å². The number of amides is 2. The molecule has 8 heteroatoms. The van der Waals surface area contributed by atoms with Crippen LogP contribution in [0.5, 0.6) is 0 Å². The number of piperidine rings is 3. The lowest BCUT2D eigenvalue weighted by Gasteiger charge is -2.43. The molecule has 4 heterocycles. The van der Waals surface area contributed by atoms with Gasteiger partial charge in [0.05, 0.1) is 17.1 Å². The van der Waals surface area contributed by atoms with Gasteiger partial charge in [-0.25, -0.2) is 4.39 Å². The second-order valence-corrected chi connectivity index (χ2v) is 11.1. The van der Waals surface area contributed by atoms with E-state index in [0.29, 0.717) is 28.8 Å². The molecule has 0 radical (unpaired) electrons. The van der Waals surface area contributed by atoms with Crippen LogP contribution in [0.3, 0.4) is 0 Å². The topological polar surface area (TPSA) is 79.3 Å². The molecule has 0 bridgehead atoms. The Labute approximate surface area is 200 Å². The van der Waals surface area contributed by atoms with Crippen molar-refractivity contribution in [2.45, 2.75) is 57.8 Å². The minimum Gasteiger partial charge on any atom is -0.316 e. The SMILES string of the molecule is Cn1nc(C2CCC(=O)NC2=O)c2cc(F)c(C3CCN(C[C@@H]4CCNCC4(C)C)CC3)cc21. The Hall–Kier alpha value is -2.32. The zero-order valence-electron chi connectivity index (χ0n) is 20.5. The maximum Gasteiger partial charge on any atom is 0.235 e. The number of aryl methyl sites for hydroxylation is 1. The van der Waals surface area contributed by atoms with Crippen LogP contribution in [0.25, 0.3) is 10.9 Å². The van der Waals surface area contributed by atoms with Crippen molar-refractivity contribution in [2.75, 3.05) is 32.7 Å². The lowest BCUT2D eigenvalue weighted by Crippen LogP contribution is -2.48. The summed E-state index contributed by atoms with van der Waals surface area (Å²) in [4.78, 5) is 26.5. The smallest absolute Gasteiger partial charge is 0.235 e. The number of halogens is 1. The van der Waals surface area contributed by atoms with Crippen molar-refractivity contribution in [1.29, 1.82) is 0 Å². The van der Waals surface area contributed by atoms with Crippen LogP contribution < -0.4 is 10.6 Å². The van der Waals surface area contributed by atoms with Crippen molar-refractivity contribution in [2.24, 2.45) is 18.4 Å². The fourth-order valence-electron chi connectivity index (χ4n) is 6.14. The van der Waals surface area contributed by atoms with Crippen molar-refractivity contribution in [1.82, 2.24) is 25.3 Å². The molecule has 3 saturated heterocycles.